The first-order chi connectivity index (χ1) is 15.0. The molecular weight excluding hydrogens is 457 g/mol. The van der Waals surface area contributed by atoms with Crippen molar-refractivity contribution in [1.29, 1.82) is 0 Å². The Morgan fingerprint density at radius 3 is 2.59 bits per heavy atom. The van der Waals surface area contributed by atoms with Gasteiger partial charge < -0.3 is 14.4 Å². The van der Waals surface area contributed by atoms with Crippen LogP contribution in [0.5, 0.6) is 5.75 Å². The number of rotatable bonds is 6. The number of esters is 1. The minimum atomic E-state index is -4.95. The van der Waals surface area contributed by atoms with Crippen LogP contribution in [0.2, 0.25) is 5.02 Å². The molecule has 1 heterocycles. The summed E-state index contributed by atoms with van der Waals surface area (Å²) in [7, 11) is 0. The molecule has 4 nitrogen and oxygen atoms in total. The molecule has 2 aromatic rings. The Morgan fingerprint density at radius 2 is 1.94 bits per heavy atom. The molecule has 0 saturated heterocycles. The maximum atomic E-state index is 15.1. The summed E-state index contributed by atoms with van der Waals surface area (Å²) in [6.45, 7) is 3.81. The Kier molecular flexibility index (Phi) is 7.17. The van der Waals surface area contributed by atoms with E-state index in [-0.39, 0.29) is 38.2 Å². The number of hydrogen-bond acceptors (Lipinski definition) is 4. The van der Waals surface area contributed by atoms with Crippen molar-refractivity contribution in [3.8, 4) is 5.75 Å². The number of ether oxygens (including phenoxy) is 2. The lowest BCUT2D eigenvalue weighted by atomic mass is 9.92. The van der Waals surface area contributed by atoms with Gasteiger partial charge in [-0.1, -0.05) is 30.7 Å². The molecule has 1 unspecified atom stereocenters. The molecule has 32 heavy (non-hydrogen) atoms. The minimum Gasteiger partial charge on any atom is -0.466 e. The largest absolute Gasteiger partial charge is 0.573 e. The maximum Gasteiger partial charge on any atom is 0.573 e. The fourth-order valence-corrected chi connectivity index (χ4v) is 3.90. The molecule has 0 spiro atoms. The second-order valence-corrected chi connectivity index (χ2v) is 7.90. The van der Waals surface area contributed by atoms with Crippen molar-refractivity contribution in [3.63, 3.8) is 0 Å². The van der Waals surface area contributed by atoms with Crippen LogP contribution in [0.4, 0.5) is 27.6 Å². The zero-order valence-electron chi connectivity index (χ0n) is 17.4. The third-order valence-electron chi connectivity index (χ3n) is 5.18. The lowest BCUT2D eigenvalue weighted by Gasteiger charge is -2.32. The molecule has 0 saturated carbocycles. The van der Waals surface area contributed by atoms with Crippen molar-refractivity contribution in [2.24, 2.45) is 5.92 Å². The summed E-state index contributed by atoms with van der Waals surface area (Å²) >= 11 is 5.76. The summed E-state index contributed by atoms with van der Waals surface area (Å²) < 4.78 is 76.2. The summed E-state index contributed by atoms with van der Waals surface area (Å²) in [6, 6.07) is 4.90. The van der Waals surface area contributed by atoms with Crippen LogP contribution >= 0.6 is 11.6 Å². The Morgan fingerprint density at radius 1 is 1.22 bits per heavy atom. The molecule has 0 N–H and O–H groups in total. The number of hydrogen-bond donors (Lipinski definition) is 0. The highest BCUT2D eigenvalue weighted by Gasteiger charge is 2.32. The van der Waals surface area contributed by atoms with Crippen molar-refractivity contribution in [3.05, 3.63) is 57.6 Å². The van der Waals surface area contributed by atoms with E-state index in [1.807, 2.05) is 0 Å². The van der Waals surface area contributed by atoms with Crippen LogP contribution in [-0.2, 0) is 28.9 Å². The highest BCUT2D eigenvalue weighted by molar-refractivity contribution is 6.31. The molecule has 174 valence electrons. The van der Waals surface area contributed by atoms with Crippen LogP contribution in [0.1, 0.15) is 30.5 Å². The summed E-state index contributed by atoms with van der Waals surface area (Å²) in [5.41, 5.74) is 1.21. The fraction of sp³-hybridized carbons (Fsp3) is 0.409. The summed E-state index contributed by atoms with van der Waals surface area (Å²) in [6.07, 6.45) is -4.58. The normalized spacial score (nSPS) is 14.7. The number of benzene rings is 2. The van der Waals surface area contributed by atoms with Gasteiger partial charge in [-0.15, -0.1) is 13.2 Å². The van der Waals surface area contributed by atoms with E-state index in [0.717, 1.165) is 12.1 Å². The SMILES string of the molecule is CCOC(=O)C(C)Cc1ccc2c(c1F)CCN(c1cc(OC(F)(F)F)cc(Cl)c1F)C2. The van der Waals surface area contributed by atoms with Crippen molar-refractivity contribution in [1.82, 2.24) is 0 Å². The molecule has 1 aliphatic rings. The monoisotopic (exact) mass is 477 g/mol. The molecule has 0 fully saturated rings. The Hall–Kier alpha value is -2.55. The van der Waals surface area contributed by atoms with Crippen molar-refractivity contribution in [2.75, 3.05) is 18.1 Å². The second-order valence-electron chi connectivity index (χ2n) is 7.49. The van der Waals surface area contributed by atoms with Crippen LogP contribution in [0.15, 0.2) is 24.3 Å². The molecule has 0 aliphatic carbocycles. The molecule has 0 amide bonds. The third-order valence-corrected chi connectivity index (χ3v) is 5.46. The molecule has 0 bridgehead atoms. The predicted octanol–water partition coefficient (Wildman–Crippen LogP) is 5.82. The van der Waals surface area contributed by atoms with Gasteiger partial charge in [0.2, 0.25) is 0 Å². The Labute approximate surface area is 186 Å². The first-order valence-corrected chi connectivity index (χ1v) is 10.3. The van der Waals surface area contributed by atoms with E-state index in [0.29, 0.717) is 16.7 Å². The van der Waals surface area contributed by atoms with E-state index in [1.165, 1.54) is 4.90 Å². The number of fused-ring (bicyclic) bond motifs is 1. The van der Waals surface area contributed by atoms with E-state index in [9.17, 15) is 22.4 Å². The van der Waals surface area contributed by atoms with Gasteiger partial charge in [0.15, 0.2) is 5.82 Å². The molecule has 3 rings (SSSR count). The van der Waals surface area contributed by atoms with Crippen LogP contribution in [0.25, 0.3) is 0 Å². The van der Waals surface area contributed by atoms with E-state index in [2.05, 4.69) is 4.74 Å². The molecule has 0 radical (unpaired) electrons. The van der Waals surface area contributed by atoms with Gasteiger partial charge in [-0.25, -0.2) is 8.78 Å². The Balaban J connectivity index is 1.84. The van der Waals surface area contributed by atoms with Gasteiger partial charge in [-0.05, 0) is 36.5 Å². The molecule has 0 aromatic heterocycles. The third kappa shape index (κ3) is 5.43. The van der Waals surface area contributed by atoms with E-state index >= 15 is 4.39 Å². The van der Waals surface area contributed by atoms with Gasteiger partial charge in [-0.3, -0.25) is 4.79 Å². The number of carbonyl (C=O) groups is 1. The van der Waals surface area contributed by atoms with Crippen LogP contribution in [0, 0.1) is 17.6 Å². The number of halogens is 6. The summed E-state index contributed by atoms with van der Waals surface area (Å²) in [5.74, 6) is -2.89. The number of nitrogens with zero attached hydrogens (tertiary/aromatic N) is 1. The summed E-state index contributed by atoms with van der Waals surface area (Å²) in [5, 5.41) is -0.512. The highest BCUT2D eigenvalue weighted by atomic mass is 35.5. The predicted molar refractivity (Wildman–Crippen MR) is 109 cm³/mol. The zero-order chi connectivity index (χ0) is 23.6. The van der Waals surface area contributed by atoms with Crippen molar-refractivity contribution in [2.45, 2.75) is 39.6 Å². The lowest BCUT2D eigenvalue weighted by molar-refractivity contribution is -0.274. The first kappa shape index (κ1) is 24.1. The van der Waals surface area contributed by atoms with Crippen LogP contribution in [0.3, 0.4) is 0 Å². The zero-order valence-corrected chi connectivity index (χ0v) is 18.1. The standard InChI is InChI=1S/C22H21ClF5NO3/c1-3-31-21(30)12(2)8-13-4-5-14-11-29(7-6-16(14)19(13)24)18-10-15(32-22(26,27)28)9-17(23)20(18)25/h4-5,9-10,12H,3,6-8,11H2,1-2H3. The summed E-state index contributed by atoms with van der Waals surface area (Å²) in [4.78, 5) is 13.3. The average molecular weight is 478 g/mol. The van der Waals surface area contributed by atoms with E-state index < -0.39 is 40.7 Å². The first-order valence-electron chi connectivity index (χ1n) is 9.95. The van der Waals surface area contributed by atoms with Crippen molar-refractivity contribution >= 4 is 23.3 Å². The number of anilines is 1. The van der Waals surface area contributed by atoms with Gasteiger partial charge >= 0.3 is 12.3 Å². The number of carbonyl (C=O) groups excluding carboxylic acids is 1. The van der Waals surface area contributed by atoms with Crippen molar-refractivity contribution < 1.29 is 36.2 Å². The highest BCUT2D eigenvalue weighted by Crippen LogP contribution is 2.36. The van der Waals surface area contributed by atoms with Crippen LogP contribution in [-0.4, -0.2) is 25.5 Å². The van der Waals surface area contributed by atoms with E-state index in [1.54, 1.807) is 26.0 Å². The second kappa shape index (κ2) is 9.52. The topological polar surface area (TPSA) is 38.8 Å². The maximum absolute atomic E-state index is 15.1. The quantitative estimate of drug-likeness (QED) is 0.388. The van der Waals surface area contributed by atoms with E-state index in [4.69, 9.17) is 16.3 Å². The lowest BCUT2D eigenvalue weighted by Crippen LogP contribution is -2.32. The molecule has 1 atom stereocenters. The fourth-order valence-electron chi connectivity index (χ4n) is 3.69. The Bertz CT molecular complexity index is 1010. The van der Waals surface area contributed by atoms with Gasteiger partial charge in [0, 0.05) is 25.2 Å². The minimum absolute atomic E-state index is 0.0721. The van der Waals surface area contributed by atoms with Gasteiger partial charge in [-0.2, -0.15) is 0 Å². The average Bonchev–Trinajstić information content (AvgIpc) is 2.71. The van der Waals surface area contributed by atoms with Gasteiger partial charge in [0.1, 0.15) is 11.6 Å². The van der Waals surface area contributed by atoms with Gasteiger partial charge in [0.25, 0.3) is 0 Å². The molecule has 2 aromatic carbocycles. The molecule has 10 heteroatoms. The molecule has 1 aliphatic heterocycles. The smallest absolute Gasteiger partial charge is 0.466 e. The van der Waals surface area contributed by atoms with Crippen LogP contribution < -0.4 is 9.64 Å². The number of alkyl halides is 3. The molecular formula is C22H21ClF5NO3. The van der Waals surface area contributed by atoms with Gasteiger partial charge in [0.05, 0.1) is 23.2 Å².